The van der Waals surface area contributed by atoms with Crippen LogP contribution in [0.4, 0.5) is 0 Å². The van der Waals surface area contributed by atoms with Crippen molar-refractivity contribution < 1.29 is 0 Å². The molecular weight excluding hydrogens is 158 g/mol. The number of rotatable bonds is 2. The van der Waals surface area contributed by atoms with Gasteiger partial charge in [-0.25, -0.2) is 0 Å². The summed E-state index contributed by atoms with van der Waals surface area (Å²) >= 11 is 0. The van der Waals surface area contributed by atoms with Gasteiger partial charge in [-0.1, -0.05) is 38.1 Å². The van der Waals surface area contributed by atoms with E-state index in [2.05, 4.69) is 32.0 Å². The first-order valence-corrected chi connectivity index (χ1v) is 4.64. The van der Waals surface area contributed by atoms with E-state index in [1.165, 1.54) is 5.56 Å². The van der Waals surface area contributed by atoms with Gasteiger partial charge in [0.25, 0.3) is 0 Å². The highest BCUT2D eigenvalue weighted by atomic mass is 14.3. The number of hydrogen-bond donors (Lipinski definition) is 0. The molecule has 13 heavy (non-hydrogen) atoms. The molecule has 0 aliphatic heterocycles. The lowest BCUT2D eigenvalue weighted by Gasteiger charge is -2.08. The van der Waals surface area contributed by atoms with E-state index in [0.717, 1.165) is 5.56 Å². The Bertz CT molecular complexity index is 320. The van der Waals surface area contributed by atoms with Gasteiger partial charge in [0.15, 0.2) is 0 Å². The minimum absolute atomic E-state index is 0.00120. The zero-order chi connectivity index (χ0) is 9.84. The summed E-state index contributed by atoms with van der Waals surface area (Å²) in [4.78, 5) is 0. The average molecular weight is 173 g/mol. The lowest BCUT2D eigenvalue weighted by molar-refractivity contribution is 0.857. The van der Waals surface area contributed by atoms with Crippen molar-refractivity contribution in [1.29, 1.82) is 5.26 Å². The Morgan fingerprint density at radius 2 is 1.77 bits per heavy atom. The fourth-order valence-electron chi connectivity index (χ4n) is 1.26. The smallest absolute Gasteiger partial charge is 0.0700 e. The molecule has 0 bridgehead atoms. The van der Waals surface area contributed by atoms with Crippen molar-refractivity contribution in [2.75, 3.05) is 0 Å². The van der Waals surface area contributed by atoms with Crippen LogP contribution in [0.3, 0.4) is 0 Å². The topological polar surface area (TPSA) is 23.8 Å². The van der Waals surface area contributed by atoms with Gasteiger partial charge < -0.3 is 0 Å². The summed E-state index contributed by atoms with van der Waals surface area (Å²) in [5.41, 5.74) is 2.42. The molecule has 1 aromatic carbocycles. The van der Waals surface area contributed by atoms with Crippen LogP contribution in [0.2, 0.25) is 0 Å². The summed E-state index contributed by atoms with van der Waals surface area (Å²) in [6.07, 6.45) is 0. The van der Waals surface area contributed by atoms with E-state index in [1.807, 2.05) is 19.1 Å². The van der Waals surface area contributed by atoms with Crippen LogP contribution in [0.1, 0.15) is 43.7 Å². The first-order chi connectivity index (χ1) is 6.15. The predicted octanol–water partition coefficient (Wildman–Crippen LogP) is 3.44. The third kappa shape index (κ3) is 2.32. The Morgan fingerprint density at radius 1 is 1.15 bits per heavy atom. The second kappa shape index (κ2) is 4.09. The molecule has 0 radical (unpaired) electrons. The molecular formula is C12H15N. The molecule has 1 unspecified atom stereocenters. The van der Waals surface area contributed by atoms with Crippen molar-refractivity contribution >= 4 is 0 Å². The van der Waals surface area contributed by atoms with Gasteiger partial charge in [-0.05, 0) is 24.0 Å². The minimum atomic E-state index is -0.00120. The van der Waals surface area contributed by atoms with Crippen LogP contribution >= 0.6 is 0 Å². The lowest BCUT2D eigenvalue weighted by atomic mass is 9.96. The highest BCUT2D eigenvalue weighted by molar-refractivity contribution is 5.30. The Morgan fingerprint density at radius 3 is 2.31 bits per heavy atom. The Hall–Kier alpha value is -1.29. The number of nitrogens with zero attached hydrogens (tertiary/aromatic N) is 1. The van der Waals surface area contributed by atoms with E-state index in [0.29, 0.717) is 5.92 Å². The Kier molecular flexibility index (Phi) is 3.08. The van der Waals surface area contributed by atoms with Gasteiger partial charge in [0, 0.05) is 0 Å². The van der Waals surface area contributed by atoms with E-state index < -0.39 is 0 Å². The van der Waals surface area contributed by atoms with Gasteiger partial charge in [0.1, 0.15) is 0 Å². The fraction of sp³-hybridized carbons (Fsp3) is 0.417. The van der Waals surface area contributed by atoms with Crippen molar-refractivity contribution in [3.05, 3.63) is 35.4 Å². The molecule has 0 amide bonds. The van der Waals surface area contributed by atoms with E-state index in [-0.39, 0.29) is 5.92 Å². The maximum Gasteiger partial charge on any atom is 0.0700 e. The number of hydrogen-bond acceptors (Lipinski definition) is 1. The molecule has 0 spiro atoms. The molecule has 0 fully saturated rings. The average Bonchev–Trinajstić information content (AvgIpc) is 2.17. The SMILES string of the molecule is CC(C)c1cccc(C(C)C#N)c1. The van der Waals surface area contributed by atoms with Crippen molar-refractivity contribution in [3.8, 4) is 6.07 Å². The maximum atomic E-state index is 8.77. The molecule has 1 rings (SSSR count). The molecule has 0 saturated carbocycles. The summed E-state index contributed by atoms with van der Waals surface area (Å²) < 4.78 is 0. The van der Waals surface area contributed by atoms with Crippen LogP contribution in [0.5, 0.6) is 0 Å². The van der Waals surface area contributed by atoms with Crippen LogP contribution in [0.25, 0.3) is 0 Å². The first-order valence-electron chi connectivity index (χ1n) is 4.64. The quantitative estimate of drug-likeness (QED) is 0.672. The van der Waals surface area contributed by atoms with E-state index in [4.69, 9.17) is 5.26 Å². The summed E-state index contributed by atoms with van der Waals surface area (Å²) in [7, 11) is 0. The van der Waals surface area contributed by atoms with Gasteiger partial charge >= 0.3 is 0 Å². The molecule has 0 saturated heterocycles. The van der Waals surface area contributed by atoms with Crippen molar-refractivity contribution in [1.82, 2.24) is 0 Å². The molecule has 1 aromatic rings. The van der Waals surface area contributed by atoms with Crippen LogP contribution in [-0.4, -0.2) is 0 Å². The largest absolute Gasteiger partial charge is 0.198 e. The summed E-state index contributed by atoms with van der Waals surface area (Å²) in [5.74, 6) is 0.532. The van der Waals surface area contributed by atoms with Crippen molar-refractivity contribution in [3.63, 3.8) is 0 Å². The van der Waals surface area contributed by atoms with E-state index in [1.54, 1.807) is 0 Å². The van der Waals surface area contributed by atoms with Crippen molar-refractivity contribution in [2.45, 2.75) is 32.6 Å². The lowest BCUT2D eigenvalue weighted by Crippen LogP contribution is -1.93. The molecule has 0 aliphatic rings. The zero-order valence-electron chi connectivity index (χ0n) is 8.41. The fourth-order valence-corrected chi connectivity index (χ4v) is 1.26. The summed E-state index contributed by atoms with van der Waals surface area (Å²) in [6, 6.07) is 10.5. The van der Waals surface area contributed by atoms with Gasteiger partial charge in [-0.15, -0.1) is 0 Å². The van der Waals surface area contributed by atoms with Crippen LogP contribution in [-0.2, 0) is 0 Å². The van der Waals surface area contributed by atoms with Crippen molar-refractivity contribution in [2.24, 2.45) is 0 Å². The number of nitriles is 1. The van der Waals surface area contributed by atoms with Crippen LogP contribution in [0, 0.1) is 11.3 Å². The Balaban J connectivity index is 3.00. The third-order valence-electron chi connectivity index (χ3n) is 2.27. The highest BCUT2D eigenvalue weighted by Crippen LogP contribution is 2.20. The number of benzene rings is 1. The van der Waals surface area contributed by atoms with Gasteiger partial charge in [0.2, 0.25) is 0 Å². The molecule has 0 heterocycles. The molecule has 0 N–H and O–H groups in total. The minimum Gasteiger partial charge on any atom is -0.198 e. The van der Waals surface area contributed by atoms with E-state index in [9.17, 15) is 0 Å². The normalized spacial score (nSPS) is 12.5. The molecule has 1 heteroatoms. The van der Waals surface area contributed by atoms with Crippen LogP contribution in [0.15, 0.2) is 24.3 Å². The molecule has 68 valence electrons. The van der Waals surface area contributed by atoms with Gasteiger partial charge in [-0.3, -0.25) is 0 Å². The zero-order valence-corrected chi connectivity index (χ0v) is 8.41. The Labute approximate surface area is 80.0 Å². The molecule has 1 nitrogen and oxygen atoms in total. The van der Waals surface area contributed by atoms with Gasteiger partial charge in [-0.2, -0.15) is 5.26 Å². The van der Waals surface area contributed by atoms with Crippen LogP contribution < -0.4 is 0 Å². The highest BCUT2D eigenvalue weighted by Gasteiger charge is 2.05. The standard InChI is InChI=1S/C12H15N/c1-9(2)11-5-4-6-12(7-11)10(3)8-13/h4-7,9-10H,1-3H3. The molecule has 0 aromatic heterocycles. The molecule has 0 aliphatic carbocycles. The second-order valence-electron chi connectivity index (χ2n) is 3.68. The summed E-state index contributed by atoms with van der Waals surface area (Å²) in [6.45, 7) is 6.26. The third-order valence-corrected chi connectivity index (χ3v) is 2.27. The maximum absolute atomic E-state index is 8.77. The second-order valence-corrected chi connectivity index (χ2v) is 3.68. The first kappa shape index (κ1) is 9.80. The predicted molar refractivity (Wildman–Crippen MR) is 54.6 cm³/mol. The summed E-state index contributed by atoms with van der Waals surface area (Å²) in [5, 5.41) is 8.77. The van der Waals surface area contributed by atoms with E-state index >= 15 is 0 Å². The van der Waals surface area contributed by atoms with Gasteiger partial charge in [0.05, 0.1) is 12.0 Å². The monoisotopic (exact) mass is 173 g/mol. The molecule has 1 atom stereocenters.